The second-order valence-electron chi connectivity index (χ2n) is 6.83. The van der Waals surface area contributed by atoms with E-state index < -0.39 is 5.25 Å². The Bertz CT molecular complexity index is 946. The number of imide groups is 1. The van der Waals surface area contributed by atoms with E-state index in [0.29, 0.717) is 35.5 Å². The lowest BCUT2D eigenvalue weighted by molar-refractivity contribution is -0.121. The second-order valence-corrected chi connectivity index (χ2v) is 8.02. The van der Waals surface area contributed by atoms with Gasteiger partial charge < -0.3 is 14.8 Å². The van der Waals surface area contributed by atoms with E-state index in [-0.39, 0.29) is 18.2 Å². The minimum Gasteiger partial charge on any atom is -0.495 e. The van der Waals surface area contributed by atoms with E-state index >= 15 is 0 Å². The summed E-state index contributed by atoms with van der Waals surface area (Å²) in [5.74, 6) is 0.919. The van der Waals surface area contributed by atoms with E-state index in [1.807, 2.05) is 38.1 Å². The van der Waals surface area contributed by atoms with Crippen LogP contribution in [-0.2, 0) is 9.59 Å². The quantitative estimate of drug-likeness (QED) is 0.373. The minimum atomic E-state index is -0.545. The molecule has 8 heteroatoms. The number of hydrogen-bond acceptors (Lipinski definition) is 6. The van der Waals surface area contributed by atoms with Crippen LogP contribution in [-0.4, -0.2) is 42.5 Å². The third-order valence-electron chi connectivity index (χ3n) is 4.58. The number of nitrogens with zero attached hydrogens (tertiary/aromatic N) is 2. The number of rotatable bonds is 8. The number of carbonyl (C=O) groups excluding carboxylic acids is 2. The van der Waals surface area contributed by atoms with Crippen LogP contribution in [0.3, 0.4) is 0 Å². The Morgan fingerprint density at radius 1 is 1.16 bits per heavy atom. The SMILES string of the molecule is CCCOc1ccc(N2C(=O)C[C@@H](SC(=NCC)Nc3ccccc3OC)C2=O)cc1. The van der Waals surface area contributed by atoms with Crippen LogP contribution in [0.25, 0.3) is 0 Å². The zero-order valence-electron chi connectivity index (χ0n) is 18.0. The van der Waals surface area contributed by atoms with Crippen molar-refractivity contribution in [2.45, 2.75) is 31.9 Å². The van der Waals surface area contributed by atoms with Gasteiger partial charge in [0.1, 0.15) is 16.7 Å². The molecule has 0 radical (unpaired) electrons. The number of aliphatic imine (C=N–C) groups is 1. The third kappa shape index (κ3) is 5.58. The standard InChI is InChI=1S/C23H27N3O4S/c1-4-14-30-17-12-10-16(11-13-17)26-21(27)15-20(22(26)28)31-23(24-5-2)25-18-8-6-7-9-19(18)29-3/h6-13,20H,4-5,14-15H2,1-3H3,(H,24,25)/t20-/m1/s1. The van der Waals surface area contributed by atoms with Crippen LogP contribution in [0.4, 0.5) is 11.4 Å². The summed E-state index contributed by atoms with van der Waals surface area (Å²) in [6, 6.07) is 14.5. The number of thioether (sulfide) groups is 1. The molecule has 3 rings (SSSR count). The molecule has 1 heterocycles. The molecule has 1 aliphatic heterocycles. The molecule has 164 valence electrons. The molecule has 1 saturated heterocycles. The molecule has 31 heavy (non-hydrogen) atoms. The Labute approximate surface area is 186 Å². The van der Waals surface area contributed by atoms with Gasteiger partial charge in [-0.1, -0.05) is 30.8 Å². The highest BCUT2D eigenvalue weighted by Gasteiger charge is 2.40. The average molecular weight is 442 g/mol. The van der Waals surface area contributed by atoms with Crippen molar-refractivity contribution in [2.24, 2.45) is 4.99 Å². The summed E-state index contributed by atoms with van der Waals surface area (Å²) < 4.78 is 11.0. The molecule has 0 bridgehead atoms. The summed E-state index contributed by atoms with van der Waals surface area (Å²) in [5.41, 5.74) is 1.30. The van der Waals surface area contributed by atoms with Crippen molar-refractivity contribution in [3.8, 4) is 11.5 Å². The fourth-order valence-corrected chi connectivity index (χ4v) is 4.20. The van der Waals surface area contributed by atoms with Crippen molar-refractivity contribution >= 4 is 40.1 Å². The van der Waals surface area contributed by atoms with Crippen LogP contribution in [0.5, 0.6) is 11.5 Å². The van der Waals surface area contributed by atoms with Crippen LogP contribution >= 0.6 is 11.8 Å². The summed E-state index contributed by atoms with van der Waals surface area (Å²) in [5, 5.41) is 3.26. The minimum absolute atomic E-state index is 0.119. The molecule has 0 unspecified atom stereocenters. The highest BCUT2D eigenvalue weighted by Crippen LogP contribution is 2.32. The van der Waals surface area contributed by atoms with Crippen molar-refractivity contribution in [3.05, 3.63) is 48.5 Å². The fraction of sp³-hybridized carbons (Fsp3) is 0.348. The largest absolute Gasteiger partial charge is 0.495 e. The Hall–Kier alpha value is -3.00. The van der Waals surface area contributed by atoms with Crippen LogP contribution in [0.15, 0.2) is 53.5 Å². The van der Waals surface area contributed by atoms with Crippen molar-refractivity contribution in [2.75, 3.05) is 30.5 Å². The van der Waals surface area contributed by atoms with Crippen LogP contribution in [0.1, 0.15) is 26.7 Å². The molecule has 2 aromatic rings. The number of carbonyl (C=O) groups is 2. The number of anilines is 2. The topological polar surface area (TPSA) is 80.2 Å². The molecule has 1 N–H and O–H groups in total. The number of amidine groups is 1. The zero-order valence-corrected chi connectivity index (χ0v) is 18.8. The third-order valence-corrected chi connectivity index (χ3v) is 5.68. The number of hydrogen-bond donors (Lipinski definition) is 1. The average Bonchev–Trinajstić information content (AvgIpc) is 3.06. The second kappa shape index (κ2) is 10.9. The van der Waals surface area contributed by atoms with Gasteiger partial charge in [0.05, 0.1) is 25.1 Å². The molecular formula is C23H27N3O4S. The summed E-state index contributed by atoms with van der Waals surface area (Å²) in [7, 11) is 1.60. The molecular weight excluding hydrogens is 414 g/mol. The molecule has 1 aliphatic rings. The van der Waals surface area contributed by atoms with E-state index in [0.717, 1.165) is 12.1 Å². The number of ether oxygens (including phenoxy) is 2. The Kier molecular flexibility index (Phi) is 7.94. The maximum absolute atomic E-state index is 13.0. The van der Waals surface area contributed by atoms with Crippen molar-refractivity contribution < 1.29 is 19.1 Å². The first-order chi connectivity index (χ1) is 15.1. The Balaban J connectivity index is 1.72. The van der Waals surface area contributed by atoms with Gasteiger partial charge >= 0.3 is 0 Å². The highest BCUT2D eigenvalue weighted by molar-refractivity contribution is 8.15. The van der Waals surface area contributed by atoms with Crippen LogP contribution in [0, 0.1) is 0 Å². The van der Waals surface area contributed by atoms with Crippen LogP contribution in [0.2, 0.25) is 0 Å². The summed E-state index contributed by atoms with van der Waals surface area (Å²) in [6.07, 6.45) is 1.03. The van der Waals surface area contributed by atoms with E-state index in [1.54, 1.807) is 31.4 Å². The first-order valence-electron chi connectivity index (χ1n) is 10.3. The number of amides is 2. The Morgan fingerprint density at radius 3 is 2.58 bits per heavy atom. The predicted octanol–water partition coefficient (Wildman–Crippen LogP) is 4.34. The van der Waals surface area contributed by atoms with Gasteiger partial charge in [-0.3, -0.25) is 14.6 Å². The van der Waals surface area contributed by atoms with Crippen molar-refractivity contribution in [1.82, 2.24) is 0 Å². The maximum Gasteiger partial charge on any atom is 0.247 e. The predicted molar refractivity (Wildman–Crippen MR) is 125 cm³/mol. The molecule has 0 saturated carbocycles. The molecule has 0 aliphatic carbocycles. The lowest BCUT2D eigenvalue weighted by Gasteiger charge is -2.17. The summed E-state index contributed by atoms with van der Waals surface area (Å²) >= 11 is 1.26. The van der Waals surface area contributed by atoms with E-state index in [1.165, 1.54) is 16.7 Å². The lowest BCUT2D eigenvalue weighted by Crippen LogP contribution is -2.31. The van der Waals surface area contributed by atoms with Crippen LogP contribution < -0.4 is 19.7 Å². The lowest BCUT2D eigenvalue weighted by atomic mass is 10.3. The van der Waals surface area contributed by atoms with Gasteiger partial charge in [-0.2, -0.15) is 0 Å². The van der Waals surface area contributed by atoms with E-state index in [9.17, 15) is 9.59 Å². The van der Waals surface area contributed by atoms with Gasteiger partial charge in [-0.25, -0.2) is 4.90 Å². The van der Waals surface area contributed by atoms with E-state index in [4.69, 9.17) is 9.47 Å². The molecule has 7 nitrogen and oxygen atoms in total. The molecule has 0 spiro atoms. The van der Waals surface area contributed by atoms with Gasteiger partial charge in [-0.05, 0) is 49.7 Å². The smallest absolute Gasteiger partial charge is 0.247 e. The molecule has 1 atom stereocenters. The number of nitrogens with one attached hydrogen (secondary N) is 1. The maximum atomic E-state index is 13.0. The molecule has 1 fully saturated rings. The number of methoxy groups -OCH3 is 1. The fourth-order valence-electron chi connectivity index (χ4n) is 3.13. The van der Waals surface area contributed by atoms with Gasteiger partial charge in [-0.15, -0.1) is 0 Å². The molecule has 2 amide bonds. The van der Waals surface area contributed by atoms with Gasteiger partial charge in [0.25, 0.3) is 0 Å². The first kappa shape index (κ1) is 22.7. The van der Waals surface area contributed by atoms with Crippen molar-refractivity contribution in [1.29, 1.82) is 0 Å². The van der Waals surface area contributed by atoms with Gasteiger partial charge in [0.2, 0.25) is 11.8 Å². The monoisotopic (exact) mass is 441 g/mol. The highest BCUT2D eigenvalue weighted by atomic mass is 32.2. The van der Waals surface area contributed by atoms with Gasteiger partial charge in [0, 0.05) is 13.0 Å². The zero-order chi connectivity index (χ0) is 22.2. The van der Waals surface area contributed by atoms with Gasteiger partial charge in [0.15, 0.2) is 5.17 Å². The summed E-state index contributed by atoms with van der Waals surface area (Å²) in [6.45, 7) is 5.12. The molecule has 2 aromatic carbocycles. The van der Waals surface area contributed by atoms with E-state index in [2.05, 4.69) is 10.3 Å². The number of benzene rings is 2. The first-order valence-corrected chi connectivity index (χ1v) is 11.2. The number of para-hydroxylation sites is 2. The normalized spacial score (nSPS) is 16.5. The summed E-state index contributed by atoms with van der Waals surface area (Å²) in [4.78, 5) is 31.4. The molecule has 0 aromatic heterocycles. The Morgan fingerprint density at radius 2 is 1.90 bits per heavy atom. The van der Waals surface area contributed by atoms with Crippen molar-refractivity contribution in [3.63, 3.8) is 0 Å².